The standard InChI is InChI=1S/C21H25N3O3S/c1-3-13-22-19(25)17-14-28-20(15-9-5-4-6-10-15)24(17)21(26)23-16-11-7-8-12-18(16)27-2/h4-12,17,20H,3,13-14H2,1-2H3,(H,22,25)(H,23,26). The summed E-state index contributed by atoms with van der Waals surface area (Å²) in [7, 11) is 1.56. The van der Waals surface area contributed by atoms with Gasteiger partial charge in [0.05, 0.1) is 12.8 Å². The number of hydrogen-bond acceptors (Lipinski definition) is 4. The smallest absolute Gasteiger partial charge is 0.323 e. The quantitative estimate of drug-likeness (QED) is 0.774. The minimum atomic E-state index is -0.531. The lowest BCUT2D eigenvalue weighted by atomic mass is 10.1. The fraction of sp³-hybridized carbons (Fsp3) is 0.333. The van der Waals surface area contributed by atoms with E-state index in [1.807, 2.05) is 49.4 Å². The van der Waals surface area contributed by atoms with Crippen LogP contribution in [0.5, 0.6) is 5.75 Å². The van der Waals surface area contributed by atoms with Crippen molar-refractivity contribution in [2.24, 2.45) is 0 Å². The molecule has 3 rings (SSSR count). The van der Waals surface area contributed by atoms with Crippen molar-refractivity contribution in [1.29, 1.82) is 0 Å². The molecule has 7 heteroatoms. The second-order valence-corrected chi connectivity index (χ2v) is 7.55. The number of nitrogens with one attached hydrogen (secondary N) is 2. The third-order valence-corrected chi connectivity index (χ3v) is 5.84. The number of anilines is 1. The van der Waals surface area contributed by atoms with E-state index in [1.165, 1.54) is 0 Å². The van der Waals surface area contributed by atoms with Gasteiger partial charge in [0.15, 0.2) is 0 Å². The van der Waals surface area contributed by atoms with Crippen LogP contribution in [0.4, 0.5) is 10.5 Å². The van der Waals surface area contributed by atoms with E-state index in [9.17, 15) is 9.59 Å². The number of amides is 3. The highest BCUT2D eigenvalue weighted by Gasteiger charge is 2.42. The molecule has 1 aliphatic heterocycles. The molecular weight excluding hydrogens is 374 g/mol. The summed E-state index contributed by atoms with van der Waals surface area (Å²) >= 11 is 1.60. The molecule has 2 N–H and O–H groups in total. The van der Waals surface area contributed by atoms with Gasteiger partial charge in [-0.1, -0.05) is 49.4 Å². The molecule has 2 aromatic rings. The van der Waals surface area contributed by atoms with E-state index in [0.717, 1.165) is 12.0 Å². The Labute approximate surface area is 169 Å². The highest BCUT2D eigenvalue weighted by atomic mass is 32.2. The van der Waals surface area contributed by atoms with Gasteiger partial charge in [-0.25, -0.2) is 4.79 Å². The molecule has 0 bridgehead atoms. The number of urea groups is 1. The van der Waals surface area contributed by atoms with Gasteiger partial charge in [0.2, 0.25) is 5.91 Å². The molecule has 1 fully saturated rings. The zero-order valence-electron chi connectivity index (χ0n) is 16.1. The minimum absolute atomic E-state index is 0.122. The highest BCUT2D eigenvalue weighted by Crippen LogP contribution is 2.42. The first kappa shape index (κ1) is 20.1. The fourth-order valence-corrected chi connectivity index (χ4v) is 4.55. The van der Waals surface area contributed by atoms with Crippen molar-refractivity contribution in [2.45, 2.75) is 24.8 Å². The summed E-state index contributed by atoms with van der Waals surface area (Å²) in [6, 6.07) is 16.2. The van der Waals surface area contributed by atoms with E-state index in [-0.39, 0.29) is 17.3 Å². The second-order valence-electron chi connectivity index (χ2n) is 6.44. The predicted octanol–water partition coefficient (Wildman–Crippen LogP) is 3.87. The molecule has 0 aromatic heterocycles. The first-order chi connectivity index (χ1) is 13.7. The molecule has 1 saturated heterocycles. The summed E-state index contributed by atoms with van der Waals surface area (Å²) in [6.07, 6.45) is 0.848. The Balaban J connectivity index is 1.87. The van der Waals surface area contributed by atoms with Crippen molar-refractivity contribution in [3.05, 3.63) is 60.2 Å². The van der Waals surface area contributed by atoms with Gasteiger partial charge in [-0.2, -0.15) is 0 Å². The molecule has 0 radical (unpaired) electrons. The van der Waals surface area contributed by atoms with Gasteiger partial charge in [-0.15, -0.1) is 11.8 Å². The van der Waals surface area contributed by atoms with Crippen molar-refractivity contribution in [3.63, 3.8) is 0 Å². The Morgan fingerprint density at radius 1 is 1.14 bits per heavy atom. The van der Waals surface area contributed by atoms with Crippen LogP contribution < -0.4 is 15.4 Å². The number of thioether (sulfide) groups is 1. The number of carbonyl (C=O) groups excluding carboxylic acids is 2. The predicted molar refractivity (Wildman–Crippen MR) is 113 cm³/mol. The van der Waals surface area contributed by atoms with Gasteiger partial charge in [-0.05, 0) is 24.1 Å². The normalized spacial score (nSPS) is 18.6. The fourth-order valence-electron chi connectivity index (χ4n) is 3.12. The summed E-state index contributed by atoms with van der Waals surface area (Å²) in [5.41, 5.74) is 1.57. The summed E-state index contributed by atoms with van der Waals surface area (Å²) in [4.78, 5) is 27.6. The first-order valence-corrected chi connectivity index (χ1v) is 10.4. The summed E-state index contributed by atoms with van der Waals surface area (Å²) < 4.78 is 5.33. The van der Waals surface area contributed by atoms with Gasteiger partial charge in [-0.3, -0.25) is 9.69 Å². The Kier molecular flexibility index (Phi) is 6.81. The lowest BCUT2D eigenvalue weighted by molar-refractivity contribution is -0.124. The number of benzene rings is 2. The van der Waals surface area contributed by atoms with E-state index in [0.29, 0.717) is 23.7 Å². The Morgan fingerprint density at radius 3 is 2.57 bits per heavy atom. The van der Waals surface area contributed by atoms with Gasteiger partial charge in [0.25, 0.3) is 0 Å². The molecule has 3 amide bonds. The van der Waals surface area contributed by atoms with Crippen LogP contribution in [-0.2, 0) is 4.79 Å². The van der Waals surface area contributed by atoms with Crippen LogP contribution in [-0.4, -0.2) is 42.3 Å². The monoisotopic (exact) mass is 399 g/mol. The summed E-state index contributed by atoms with van der Waals surface area (Å²) in [6.45, 7) is 2.60. The van der Waals surface area contributed by atoms with Gasteiger partial charge in [0.1, 0.15) is 17.2 Å². The van der Waals surface area contributed by atoms with E-state index >= 15 is 0 Å². The third-order valence-electron chi connectivity index (χ3n) is 4.52. The molecule has 2 unspecified atom stereocenters. The lowest BCUT2D eigenvalue weighted by Gasteiger charge is -2.29. The number of rotatable bonds is 6. The van der Waals surface area contributed by atoms with Gasteiger partial charge in [0, 0.05) is 12.3 Å². The molecule has 2 aromatic carbocycles. The van der Waals surface area contributed by atoms with Crippen molar-refractivity contribution in [1.82, 2.24) is 10.2 Å². The van der Waals surface area contributed by atoms with Crippen molar-refractivity contribution >= 4 is 29.4 Å². The second kappa shape index (κ2) is 9.50. The zero-order chi connectivity index (χ0) is 19.9. The van der Waals surface area contributed by atoms with Crippen molar-refractivity contribution in [2.75, 3.05) is 24.7 Å². The number of ether oxygens (including phenoxy) is 1. The maximum atomic E-state index is 13.2. The van der Waals surface area contributed by atoms with Crippen LogP contribution in [0.1, 0.15) is 24.3 Å². The Morgan fingerprint density at radius 2 is 1.86 bits per heavy atom. The number of hydrogen-bond donors (Lipinski definition) is 2. The Bertz CT molecular complexity index is 816. The van der Waals surface area contributed by atoms with E-state index in [1.54, 1.807) is 35.9 Å². The highest BCUT2D eigenvalue weighted by molar-refractivity contribution is 7.99. The average Bonchev–Trinajstić information content (AvgIpc) is 3.18. The molecule has 2 atom stereocenters. The summed E-state index contributed by atoms with van der Waals surface area (Å²) in [5, 5.41) is 5.60. The van der Waals surface area contributed by atoms with E-state index < -0.39 is 6.04 Å². The number of para-hydroxylation sites is 2. The molecular formula is C21H25N3O3S. The number of carbonyl (C=O) groups is 2. The maximum Gasteiger partial charge on any atom is 0.323 e. The molecule has 0 saturated carbocycles. The lowest BCUT2D eigenvalue weighted by Crippen LogP contribution is -2.49. The SMILES string of the molecule is CCCNC(=O)C1CSC(c2ccccc2)N1C(=O)Nc1ccccc1OC. The molecule has 6 nitrogen and oxygen atoms in total. The van der Waals surface area contributed by atoms with Crippen LogP contribution in [0.2, 0.25) is 0 Å². The molecule has 1 aliphatic rings. The van der Waals surface area contributed by atoms with Gasteiger partial charge >= 0.3 is 6.03 Å². The number of methoxy groups -OCH3 is 1. The van der Waals surface area contributed by atoms with Crippen molar-refractivity contribution in [3.8, 4) is 5.75 Å². The zero-order valence-corrected chi connectivity index (χ0v) is 16.9. The topological polar surface area (TPSA) is 70.7 Å². The number of nitrogens with zero attached hydrogens (tertiary/aromatic N) is 1. The molecule has 1 heterocycles. The van der Waals surface area contributed by atoms with Crippen molar-refractivity contribution < 1.29 is 14.3 Å². The largest absolute Gasteiger partial charge is 0.495 e. The van der Waals surface area contributed by atoms with Crippen LogP contribution in [0.15, 0.2) is 54.6 Å². The summed E-state index contributed by atoms with van der Waals surface area (Å²) in [5.74, 6) is 1.00. The van der Waals surface area contributed by atoms with E-state index in [4.69, 9.17) is 4.74 Å². The molecule has 0 spiro atoms. The van der Waals surface area contributed by atoms with Crippen LogP contribution in [0.25, 0.3) is 0 Å². The molecule has 28 heavy (non-hydrogen) atoms. The van der Waals surface area contributed by atoms with Crippen LogP contribution in [0, 0.1) is 0 Å². The van der Waals surface area contributed by atoms with E-state index in [2.05, 4.69) is 10.6 Å². The first-order valence-electron chi connectivity index (χ1n) is 9.32. The average molecular weight is 400 g/mol. The molecule has 148 valence electrons. The van der Waals surface area contributed by atoms with Gasteiger partial charge < -0.3 is 15.4 Å². The molecule has 0 aliphatic carbocycles. The third kappa shape index (κ3) is 4.42. The Hall–Kier alpha value is -2.67. The maximum absolute atomic E-state index is 13.2. The van der Waals surface area contributed by atoms with Crippen LogP contribution in [0.3, 0.4) is 0 Å². The minimum Gasteiger partial charge on any atom is -0.495 e. The van der Waals surface area contributed by atoms with Crippen LogP contribution >= 0.6 is 11.8 Å².